The van der Waals surface area contributed by atoms with Gasteiger partial charge in [0.15, 0.2) is 5.96 Å². The van der Waals surface area contributed by atoms with Crippen LogP contribution in [0.25, 0.3) is 0 Å². The Kier molecular flexibility index (Phi) is 8.12. The van der Waals surface area contributed by atoms with Gasteiger partial charge in [-0.1, -0.05) is 29.3 Å². The van der Waals surface area contributed by atoms with Crippen LogP contribution >= 0.6 is 23.2 Å². The molecule has 134 valence electrons. The summed E-state index contributed by atoms with van der Waals surface area (Å²) in [6.07, 6.45) is 1.93. The molecule has 0 amide bonds. The number of nitrogens with zero attached hydrogens (tertiary/aromatic N) is 1. The summed E-state index contributed by atoms with van der Waals surface area (Å²) >= 11 is 12.0. The Morgan fingerprint density at radius 1 is 1.38 bits per heavy atom. The summed E-state index contributed by atoms with van der Waals surface area (Å²) in [5.74, 6) is 1.33. The average Bonchev–Trinajstić information content (AvgIpc) is 3.35. The fourth-order valence-electron chi connectivity index (χ4n) is 2.08. The van der Waals surface area contributed by atoms with E-state index in [9.17, 15) is 5.11 Å². The van der Waals surface area contributed by atoms with Gasteiger partial charge in [-0.25, -0.2) is 4.99 Å². The second-order valence-electron chi connectivity index (χ2n) is 5.95. The van der Waals surface area contributed by atoms with Crippen molar-refractivity contribution in [3.05, 3.63) is 33.8 Å². The smallest absolute Gasteiger partial charge is 0.191 e. The molecule has 0 radical (unpaired) electrons. The highest BCUT2D eigenvalue weighted by Crippen LogP contribution is 2.28. The summed E-state index contributed by atoms with van der Waals surface area (Å²) in [6, 6.07) is 5.35. The summed E-state index contributed by atoms with van der Waals surface area (Å²) < 4.78 is 5.49. The Bertz CT molecular complexity index is 551. The highest BCUT2D eigenvalue weighted by atomic mass is 35.5. The molecule has 0 heterocycles. The molecule has 0 bridgehead atoms. The monoisotopic (exact) mass is 373 g/mol. The Morgan fingerprint density at radius 3 is 2.83 bits per heavy atom. The van der Waals surface area contributed by atoms with Crippen molar-refractivity contribution < 1.29 is 9.84 Å². The molecular weight excluding hydrogens is 349 g/mol. The first-order valence-corrected chi connectivity index (χ1v) is 9.06. The normalized spacial score (nSPS) is 16.1. The zero-order valence-electron chi connectivity index (χ0n) is 13.9. The number of guanidine groups is 1. The number of nitrogens with one attached hydrogen (secondary N) is 2. The van der Waals surface area contributed by atoms with Crippen molar-refractivity contribution >= 4 is 29.2 Å². The second kappa shape index (κ2) is 10.1. The molecule has 7 heteroatoms. The Hall–Kier alpha value is -1.01. The maximum Gasteiger partial charge on any atom is 0.191 e. The third-order valence-electron chi connectivity index (χ3n) is 3.63. The summed E-state index contributed by atoms with van der Waals surface area (Å²) in [5, 5.41) is 17.4. The van der Waals surface area contributed by atoms with E-state index in [4.69, 9.17) is 27.9 Å². The maximum atomic E-state index is 9.95. The van der Waals surface area contributed by atoms with E-state index in [1.54, 1.807) is 12.1 Å². The van der Waals surface area contributed by atoms with Gasteiger partial charge in [-0.3, -0.25) is 0 Å². The van der Waals surface area contributed by atoms with Gasteiger partial charge in [-0.2, -0.15) is 0 Å². The number of halogens is 2. The number of aliphatic imine (C=N–C) groups is 1. The van der Waals surface area contributed by atoms with Crippen LogP contribution in [0.4, 0.5) is 0 Å². The molecule has 0 aliphatic heterocycles. The number of hydrogen-bond donors (Lipinski definition) is 3. The van der Waals surface area contributed by atoms with Crippen molar-refractivity contribution in [1.82, 2.24) is 10.6 Å². The van der Waals surface area contributed by atoms with E-state index in [0.29, 0.717) is 41.6 Å². The van der Waals surface area contributed by atoms with Gasteiger partial charge in [0, 0.05) is 29.7 Å². The molecule has 0 saturated heterocycles. The maximum absolute atomic E-state index is 9.95. The van der Waals surface area contributed by atoms with Crippen molar-refractivity contribution in [2.45, 2.75) is 32.4 Å². The number of benzene rings is 1. The third-order valence-corrected chi connectivity index (χ3v) is 4.22. The van der Waals surface area contributed by atoms with Gasteiger partial charge in [0.1, 0.15) is 0 Å². The van der Waals surface area contributed by atoms with E-state index in [-0.39, 0.29) is 0 Å². The van der Waals surface area contributed by atoms with Gasteiger partial charge in [0.05, 0.1) is 19.3 Å². The quantitative estimate of drug-likeness (QED) is 0.459. The van der Waals surface area contributed by atoms with Gasteiger partial charge in [-0.15, -0.1) is 0 Å². The van der Waals surface area contributed by atoms with Crippen LogP contribution in [0.5, 0.6) is 0 Å². The number of hydrogen-bond acceptors (Lipinski definition) is 3. The zero-order valence-corrected chi connectivity index (χ0v) is 15.4. The molecule has 24 heavy (non-hydrogen) atoms. The molecule has 0 spiro atoms. The van der Waals surface area contributed by atoms with Crippen molar-refractivity contribution in [3.63, 3.8) is 0 Å². The summed E-state index contributed by atoms with van der Waals surface area (Å²) in [6.45, 7) is 4.62. The van der Waals surface area contributed by atoms with E-state index in [2.05, 4.69) is 15.6 Å². The summed E-state index contributed by atoms with van der Waals surface area (Å²) in [7, 11) is 0. The van der Waals surface area contributed by atoms with Gasteiger partial charge in [0.2, 0.25) is 0 Å². The first-order chi connectivity index (χ1) is 11.6. The minimum Gasteiger partial charge on any atom is -0.389 e. The lowest BCUT2D eigenvalue weighted by Crippen LogP contribution is -2.42. The molecule has 1 atom stereocenters. The van der Waals surface area contributed by atoms with Crippen LogP contribution in [0.1, 0.15) is 25.3 Å². The molecular formula is C17H25Cl2N3O2. The first kappa shape index (κ1) is 19.3. The number of ether oxygens (including phenoxy) is 1. The van der Waals surface area contributed by atoms with E-state index in [1.165, 1.54) is 12.8 Å². The molecule has 3 N–H and O–H groups in total. The highest BCUT2D eigenvalue weighted by Gasteiger charge is 2.21. The SMILES string of the molecule is CCNC(=NCc1ccc(Cl)cc1Cl)NCC(O)COCC1CC1. The standard InChI is InChI=1S/C17H25Cl2N3O2/c1-2-20-17(21-8-13-5-6-14(18)7-16(13)19)22-9-15(23)11-24-10-12-3-4-12/h5-7,12,15,23H,2-4,8-11H2,1H3,(H2,20,21,22). The van der Waals surface area contributed by atoms with E-state index in [0.717, 1.165) is 18.7 Å². The minimum absolute atomic E-state index is 0.339. The van der Waals surface area contributed by atoms with E-state index in [1.807, 2.05) is 13.0 Å². The minimum atomic E-state index is -0.563. The van der Waals surface area contributed by atoms with Crippen LogP contribution in [0.3, 0.4) is 0 Å². The number of aliphatic hydroxyl groups is 1. The van der Waals surface area contributed by atoms with Crippen LogP contribution in [0.2, 0.25) is 10.0 Å². The van der Waals surface area contributed by atoms with Crippen molar-refractivity contribution in [2.75, 3.05) is 26.3 Å². The van der Waals surface area contributed by atoms with Crippen LogP contribution in [0.15, 0.2) is 23.2 Å². The molecule has 1 fully saturated rings. The van der Waals surface area contributed by atoms with Crippen LogP contribution in [0, 0.1) is 5.92 Å². The van der Waals surface area contributed by atoms with Crippen molar-refractivity contribution in [1.29, 1.82) is 0 Å². The van der Waals surface area contributed by atoms with Crippen LogP contribution in [-0.4, -0.2) is 43.5 Å². The molecule has 1 aliphatic rings. The number of rotatable bonds is 9. The highest BCUT2D eigenvalue weighted by molar-refractivity contribution is 6.35. The Morgan fingerprint density at radius 2 is 2.17 bits per heavy atom. The Balaban J connectivity index is 1.78. The zero-order chi connectivity index (χ0) is 17.4. The van der Waals surface area contributed by atoms with Gasteiger partial charge in [0.25, 0.3) is 0 Å². The third kappa shape index (κ3) is 7.26. The average molecular weight is 374 g/mol. The second-order valence-corrected chi connectivity index (χ2v) is 6.79. The predicted octanol–water partition coefficient (Wildman–Crippen LogP) is 2.84. The number of aliphatic hydroxyl groups excluding tert-OH is 1. The molecule has 0 aromatic heterocycles. The fourth-order valence-corrected chi connectivity index (χ4v) is 2.55. The lowest BCUT2D eigenvalue weighted by Gasteiger charge is -2.15. The molecule has 5 nitrogen and oxygen atoms in total. The van der Waals surface area contributed by atoms with Gasteiger partial charge in [-0.05, 0) is 43.4 Å². The molecule has 1 aromatic rings. The van der Waals surface area contributed by atoms with Crippen LogP contribution < -0.4 is 10.6 Å². The van der Waals surface area contributed by atoms with Crippen molar-refractivity contribution in [2.24, 2.45) is 10.9 Å². The van der Waals surface area contributed by atoms with Crippen LogP contribution in [-0.2, 0) is 11.3 Å². The largest absolute Gasteiger partial charge is 0.389 e. The van der Waals surface area contributed by atoms with E-state index < -0.39 is 6.10 Å². The summed E-state index contributed by atoms with van der Waals surface area (Å²) in [4.78, 5) is 4.48. The molecule has 1 aromatic carbocycles. The lowest BCUT2D eigenvalue weighted by molar-refractivity contribution is 0.0345. The summed E-state index contributed by atoms with van der Waals surface area (Å²) in [5.41, 5.74) is 0.895. The van der Waals surface area contributed by atoms with Gasteiger partial charge >= 0.3 is 0 Å². The topological polar surface area (TPSA) is 65.9 Å². The Labute approximate surface area is 153 Å². The molecule has 2 rings (SSSR count). The molecule has 1 aliphatic carbocycles. The first-order valence-electron chi connectivity index (χ1n) is 8.30. The molecule has 1 unspecified atom stereocenters. The molecule has 1 saturated carbocycles. The predicted molar refractivity (Wildman–Crippen MR) is 98.8 cm³/mol. The lowest BCUT2D eigenvalue weighted by atomic mass is 10.2. The van der Waals surface area contributed by atoms with Crippen molar-refractivity contribution in [3.8, 4) is 0 Å². The fraction of sp³-hybridized carbons (Fsp3) is 0.588. The van der Waals surface area contributed by atoms with E-state index >= 15 is 0 Å². The van der Waals surface area contributed by atoms with Gasteiger partial charge < -0.3 is 20.5 Å².